The highest BCUT2D eigenvalue weighted by molar-refractivity contribution is 6.33. The standard InChI is InChI=1S/C22H19ClN6O/c23-17-4-1-2-5-19(17)28-9-11-29(12-10-28)22-26-14-16(18-15-24-7-8-25-18)21(27-22)20-6-3-13-30-20/h1-8,13-15H,9-12H2. The first-order chi connectivity index (χ1) is 14.8. The number of benzene rings is 1. The van der Waals surface area contributed by atoms with Crippen molar-refractivity contribution in [2.24, 2.45) is 0 Å². The molecule has 4 heterocycles. The predicted molar refractivity (Wildman–Crippen MR) is 117 cm³/mol. The quantitative estimate of drug-likeness (QED) is 0.492. The smallest absolute Gasteiger partial charge is 0.226 e. The van der Waals surface area contributed by atoms with Gasteiger partial charge in [0.2, 0.25) is 5.95 Å². The van der Waals surface area contributed by atoms with Crippen molar-refractivity contribution in [2.75, 3.05) is 36.0 Å². The van der Waals surface area contributed by atoms with Crippen LogP contribution >= 0.6 is 11.6 Å². The van der Waals surface area contributed by atoms with Gasteiger partial charge in [0.15, 0.2) is 5.76 Å². The molecule has 30 heavy (non-hydrogen) atoms. The highest BCUT2D eigenvalue weighted by atomic mass is 35.5. The summed E-state index contributed by atoms with van der Waals surface area (Å²) in [6.45, 7) is 3.28. The molecule has 8 heteroatoms. The molecule has 4 aromatic rings. The second-order valence-corrected chi connectivity index (χ2v) is 7.33. The molecule has 0 radical (unpaired) electrons. The number of furan rings is 1. The van der Waals surface area contributed by atoms with Crippen LogP contribution in [0.4, 0.5) is 11.6 Å². The fourth-order valence-electron chi connectivity index (χ4n) is 3.61. The Morgan fingerprint density at radius 1 is 0.867 bits per heavy atom. The van der Waals surface area contributed by atoms with Crippen LogP contribution in [0.1, 0.15) is 0 Å². The average molecular weight is 419 g/mol. The number of rotatable bonds is 4. The van der Waals surface area contributed by atoms with E-state index in [0.29, 0.717) is 23.1 Å². The Labute approximate surface area is 179 Å². The van der Waals surface area contributed by atoms with E-state index in [1.165, 1.54) is 0 Å². The first kappa shape index (κ1) is 18.6. The highest BCUT2D eigenvalue weighted by Crippen LogP contribution is 2.31. The second kappa shape index (κ2) is 8.12. The van der Waals surface area contributed by atoms with Crippen molar-refractivity contribution in [2.45, 2.75) is 0 Å². The molecule has 0 unspecified atom stereocenters. The molecule has 1 aromatic carbocycles. The minimum absolute atomic E-state index is 0.674. The molecule has 0 saturated carbocycles. The summed E-state index contributed by atoms with van der Waals surface area (Å²) in [6.07, 6.45) is 8.44. The van der Waals surface area contributed by atoms with Gasteiger partial charge in [0, 0.05) is 50.3 Å². The van der Waals surface area contributed by atoms with E-state index >= 15 is 0 Å². The number of para-hydroxylation sites is 1. The van der Waals surface area contributed by atoms with Crippen LogP contribution in [-0.2, 0) is 0 Å². The van der Waals surface area contributed by atoms with Crippen LogP contribution < -0.4 is 9.80 Å². The van der Waals surface area contributed by atoms with Gasteiger partial charge in [0.05, 0.1) is 28.9 Å². The summed E-state index contributed by atoms with van der Waals surface area (Å²) in [5, 5.41) is 0.774. The third kappa shape index (κ3) is 3.59. The third-order valence-electron chi connectivity index (χ3n) is 5.13. The summed E-state index contributed by atoms with van der Waals surface area (Å²) in [5.74, 6) is 1.35. The number of aromatic nitrogens is 4. The Hall–Kier alpha value is -3.45. The third-order valence-corrected chi connectivity index (χ3v) is 5.45. The Balaban J connectivity index is 1.42. The van der Waals surface area contributed by atoms with Crippen molar-refractivity contribution in [3.8, 4) is 22.7 Å². The molecule has 0 aliphatic carbocycles. The molecule has 0 bridgehead atoms. The normalized spacial score (nSPS) is 14.2. The van der Waals surface area contributed by atoms with Crippen LogP contribution in [-0.4, -0.2) is 46.1 Å². The second-order valence-electron chi connectivity index (χ2n) is 6.93. The van der Waals surface area contributed by atoms with Crippen molar-refractivity contribution >= 4 is 23.2 Å². The lowest BCUT2D eigenvalue weighted by Gasteiger charge is -2.36. The molecular weight excluding hydrogens is 400 g/mol. The maximum absolute atomic E-state index is 6.36. The van der Waals surface area contributed by atoms with E-state index in [0.717, 1.165) is 42.5 Å². The van der Waals surface area contributed by atoms with Gasteiger partial charge >= 0.3 is 0 Å². The summed E-state index contributed by atoms with van der Waals surface area (Å²) in [6, 6.07) is 11.7. The molecule has 1 aliphatic rings. The summed E-state index contributed by atoms with van der Waals surface area (Å²) >= 11 is 6.36. The van der Waals surface area contributed by atoms with Gasteiger partial charge in [-0.25, -0.2) is 9.97 Å². The van der Waals surface area contributed by atoms with Crippen molar-refractivity contribution < 1.29 is 4.42 Å². The Bertz CT molecular complexity index is 1130. The summed E-state index contributed by atoms with van der Waals surface area (Å²) in [5.41, 5.74) is 3.27. The van der Waals surface area contributed by atoms with Gasteiger partial charge in [0.25, 0.3) is 0 Å². The molecular formula is C22H19ClN6O. The van der Waals surface area contributed by atoms with Gasteiger partial charge in [0.1, 0.15) is 5.69 Å². The summed E-state index contributed by atoms with van der Waals surface area (Å²) < 4.78 is 5.63. The first-order valence-electron chi connectivity index (χ1n) is 9.71. The van der Waals surface area contributed by atoms with Gasteiger partial charge in [-0.05, 0) is 24.3 Å². The van der Waals surface area contributed by atoms with Crippen LogP contribution in [0.2, 0.25) is 5.02 Å². The maximum atomic E-state index is 6.36. The molecule has 3 aromatic heterocycles. The van der Waals surface area contributed by atoms with E-state index < -0.39 is 0 Å². The van der Waals surface area contributed by atoms with Gasteiger partial charge in [-0.15, -0.1) is 0 Å². The fourth-order valence-corrected chi connectivity index (χ4v) is 3.86. The Morgan fingerprint density at radius 3 is 2.43 bits per heavy atom. The summed E-state index contributed by atoms with van der Waals surface area (Å²) in [7, 11) is 0. The Morgan fingerprint density at radius 2 is 1.70 bits per heavy atom. The highest BCUT2D eigenvalue weighted by Gasteiger charge is 2.23. The van der Waals surface area contributed by atoms with E-state index in [1.54, 1.807) is 31.1 Å². The molecule has 1 aliphatic heterocycles. The lowest BCUT2D eigenvalue weighted by molar-refractivity contribution is 0.579. The molecule has 1 saturated heterocycles. The number of hydrogen-bond acceptors (Lipinski definition) is 7. The molecule has 1 fully saturated rings. The monoisotopic (exact) mass is 418 g/mol. The fraction of sp³-hybridized carbons (Fsp3) is 0.182. The van der Waals surface area contributed by atoms with Gasteiger partial charge < -0.3 is 14.2 Å². The van der Waals surface area contributed by atoms with Crippen LogP contribution in [0.15, 0.2) is 71.9 Å². The van der Waals surface area contributed by atoms with Crippen LogP contribution in [0.25, 0.3) is 22.7 Å². The predicted octanol–water partition coefficient (Wildman–Crippen LogP) is 4.17. The minimum Gasteiger partial charge on any atom is -0.463 e. The molecule has 7 nitrogen and oxygen atoms in total. The first-order valence-corrected chi connectivity index (χ1v) is 10.1. The molecule has 150 valence electrons. The minimum atomic E-state index is 0.674. The van der Waals surface area contributed by atoms with Crippen molar-refractivity contribution in [3.05, 3.63) is 72.5 Å². The largest absolute Gasteiger partial charge is 0.463 e. The number of anilines is 2. The number of nitrogens with zero attached hydrogens (tertiary/aromatic N) is 6. The number of hydrogen-bond donors (Lipinski definition) is 0. The van der Waals surface area contributed by atoms with Gasteiger partial charge in [-0.2, -0.15) is 0 Å². The SMILES string of the molecule is Clc1ccccc1N1CCN(c2ncc(-c3cnccn3)c(-c3ccco3)n2)CC1. The average Bonchev–Trinajstić information content (AvgIpc) is 3.35. The maximum Gasteiger partial charge on any atom is 0.226 e. The van der Waals surface area contributed by atoms with E-state index in [2.05, 4.69) is 30.8 Å². The topological polar surface area (TPSA) is 71.2 Å². The van der Waals surface area contributed by atoms with Gasteiger partial charge in [-0.3, -0.25) is 9.97 Å². The van der Waals surface area contributed by atoms with E-state index in [4.69, 9.17) is 21.0 Å². The number of halogens is 1. The zero-order valence-electron chi connectivity index (χ0n) is 16.1. The molecule has 0 amide bonds. The number of piperazine rings is 1. The van der Waals surface area contributed by atoms with Crippen LogP contribution in [0.3, 0.4) is 0 Å². The van der Waals surface area contributed by atoms with Crippen molar-refractivity contribution in [1.29, 1.82) is 0 Å². The van der Waals surface area contributed by atoms with Gasteiger partial charge in [-0.1, -0.05) is 23.7 Å². The Kier molecular flexibility index (Phi) is 5.03. The van der Waals surface area contributed by atoms with Crippen LogP contribution in [0.5, 0.6) is 0 Å². The van der Waals surface area contributed by atoms with E-state index in [9.17, 15) is 0 Å². The molecule has 0 atom stereocenters. The zero-order chi connectivity index (χ0) is 20.3. The van der Waals surface area contributed by atoms with Crippen molar-refractivity contribution in [1.82, 2.24) is 19.9 Å². The van der Waals surface area contributed by atoms with E-state index in [1.807, 2.05) is 30.3 Å². The molecule has 5 rings (SSSR count). The molecule has 0 N–H and O–H groups in total. The van der Waals surface area contributed by atoms with Crippen molar-refractivity contribution in [3.63, 3.8) is 0 Å². The summed E-state index contributed by atoms with van der Waals surface area (Å²) in [4.78, 5) is 22.5. The lowest BCUT2D eigenvalue weighted by atomic mass is 10.1. The zero-order valence-corrected chi connectivity index (χ0v) is 16.9. The van der Waals surface area contributed by atoms with E-state index in [-0.39, 0.29) is 0 Å². The van der Waals surface area contributed by atoms with Crippen LogP contribution in [0, 0.1) is 0 Å². The molecule has 0 spiro atoms. The lowest BCUT2D eigenvalue weighted by Crippen LogP contribution is -2.47.